The van der Waals surface area contributed by atoms with E-state index in [1.165, 1.54) is 6.92 Å². The molecule has 5 N–H and O–H groups in total. The van der Waals surface area contributed by atoms with Crippen LogP contribution in [0.1, 0.15) is 27.6 Å². The molecule has 5 aromatic rings. The van der Waals surface area contributed by atoms with Crippen LogP contribution in [0.3, 0.4) is 0 Å². The molecule has 1 heterocycles. The van der Waals surface area contributed by atoms with Gasteiger partial charge in [0.1, 0.15) is 0 Å². The molecule has 38 heavy (non-hydrogen) atoms. The third-order valence-corrected chi connectivity index (χ3v) is 6.23. The summed E-state index contributed by atoms with van der Waals surface area (Å²) in [4.78, 5) is 33.5. The van der Waals surface area contributed by atoms with Crippen molar-refractivity contribution in [3.8, 4) is 45.0 Å². The van der Waals surface area contributed by atoms with Gasteiger partial charge in [-0.1, -0.05) is 60.7 Å². The molecule has 0 atom stereocenters. The van der Waals surface area contributed by atoms with Crippen LogP contribution in [0.4, 0.5) is 11.4 Å². The van der Waals surface area contributed by atoms with Gasteiger partial charge in [0, 0.05) is 39.2 Å². The SMILES string of the molecule is CC(=O)c1ccc(-c2nc(-c3ccc(N)cc3)c(-c3ccc(C(=O)O)cc3)nc2-c2ccc(N)cc2)cc1. The number of ketones is 1. The summed E-state index contributed by atoms with van der Waals surface area (Å²) < 4.78 is 0. The lowest BCUT2D eigenvalue weighted by Crippen LogP contribution is -2.02. The number of nitrogen functional groups attached to an aromatic ring is 2. The second-order valence-corrected chi connectivity index (χ2v) is 8.88. The van der Waals surface area contributed by atoms with Gasteiger partial charge >= 0.3 is 5.97 Å². The number of aromatic nitrogens is 2. The van der Waals surface area contributed by atoms with E-state index >= 15 is 0 Å². The first-order valence-corrected chi connectivity index (χ1v) is 11.9. The van der Waals surface area contributed by atoms with Crippen LogP contribution >= 0.6 is 0 Å². The number of hydrogen-bond acceptors (Lipinski definition) is 6. The Labute approximate surface area is 219 Å². The highest BCUT2D eigenvalue weighted by Gasteiger charge is 2.20. The van der Waals surface area contributed by atoms with Gasteiger partial charge in [0.2, 0.25) is 0 Å². The molecular weight excluding hydrogens is 476 g/mol. The standard InChI is InChI=1S/C31H24N4O3/c1-18(36)19-2-4-20(5-3-19)27-29(22-10-14-25(32)15-11-22)35-28(21-6-8-24(9-7-21)31(37)38)30(34-27)23-12-16-26(33)17-13-23/h2-17H,32-33H2,1H3,(H,37,38). The Morgan fingerprint density at radius 1 is 0.526 bits per heavy atom. The highest BCUT2D eigenvalue weighted by molar-refractivity contribution is 5.95. The number of Topliss-reactive ketones (excluding diaryl/α,β-unsaturated/α-hetero) is 1. The second-order valence-electron chi connectivity index (χ2n) is 8.88. The molecule has 0 aliphatic carbocycles. The van der Waals surface area contributed by atoms with E-state index < -0.39 is 5.97 Å². The molecule has 5 rings (SSSR count). The first kappa shape index (κ1) is 24.4. The van der Waals surface area contributed by atoms with Gasteiger partial charge in [-0.25, -0.2) is 14.8 Å². The molecule has 0 unspecified atom stereocenters. The highest BCUT2D eigenvalue weighted by Crippen LogP contribution is 2.37. The molecule has 7 nitrogen and oxygen atoms in total. The molecule has 0 radical (unpaired) electrons. The smallest absolute Gasteiger partial charge is 0.335 e. The topological polar surface area (TPSA) is 132 Å². The molecular formula is C31H24N4O3. The van der Waals surface area contributed by atoms with Gasteiger partial charge < -0.3 is 16.6 Å². The van der Waals surface area contributed by atoms with Crippen LogP contribution in [0, 0.1) is 0 Å². The zero-order valence-corrected chi connectivity index (χ0v) is 20.6. The normalized spacial score (nSPS) is 10.8. The van der Waals surface area contributed by atoms with Crippen molar-refractivity contribution >= 4 is 23.1 Å². The van der Waals surface area contributed by atoms with Crippen molar-refractivity contribution < 1.29 is 14.7 Å². The van der Waals surface area contributed by atoms with E-state index in [2.05, 4.69) is 0 Å². The van der Waals surface area contributed by atoms with Crippen molar-refractivity contribution in [2.45, 2.75) is 6.92 Å². The van der Waals surface area contributed by atoms with Crippen LogP contribution in [-0.2, 0) is 0 Å². The van der Waals surface area contributed by atoms with Crippen LogP contribution < -0.4 is 11.5 Å². The van der Waals surface area contributed by atoms with Crippen molar-refractivity contribution in [1.82, 2.24) is 9.97 Å². The monoisotopic (exact) mass is 500 g/mol. The van der Waals surface area contributed by atoms with E-state index in [4.69, 9.17) is 21.4 Å². The van der Waals surface area contributed by atoms with E-state index in [9.17, 15) is 14.7 Å². The number of rotatable bonds is 6. The third kappa shape index (κ3) is 4.85. The minimum atomic E-state index is -1.01. The number of carbonyl (C=O) groups is 2. The Morgan fingerprint density at radius 2 is 0.816 bits per heavy atom. The predicted octanol–water partition coefficient (Wildman–Crippen LogP) is 6.21. The van der Waals surface area contributed by atoms with Gasteiger partial charge in [0.15, 0.2) is 5.78 Å². The molecule has 0 bridgehead atoms. The van der Waals surface area contributed by atoms with Gasteiger partial charge in [0.25, 0.3) is 0 Å². The summed E-state index contributed by atoms with van der Waals surface area (Å²) >= 11 is 0. The number of carboxylic acid groups (broad SMARTS) is 1. The Balaban J connectivity index is 1.80. The van der Waals surface area contributed by atoms with Crippen molar-refractivity contribution in [2.75, 3.05) is 11.5 Å². The summed E-state index contributed by atoms with van der Waals surface area (Å²) in [6.07, 6.45) is 0. The maximum Gasteiger partial charge on any atom is 0.335 e. The zero-order chi connectivity index (χ0) is 26.8. The van der Waals surface area contributed by atoms with Crippen molar-refractivity contribution in [1.29, 1.82) is 0 Å². The average molecular weight is 501 g/mol. The first-order valence-electron chi connectivity index (χ1n) is 11.9. The molecule has 7 heteroatoms. The summed E-state index contributed by atoms with van der Waals surface area (Å²) in [5.74, 6) is -1.03. The second kappa shape index (κ2) is 9.99. The maximum atomic E-state index is 11.9. The van der Waals surface area contributed by atoms with Crippen LogP contribution in [-0.4, -0.2) is 26.8 Å². The third-order valence-electron chi connectivity index (χ3n) is 6.23. The van der Waals surface area contributed by atoms with Crippen molar-refractivity contribution in [3.05, 3.63) is 108 Å². The number of carbonyl (C=O) groups excluding carboxylic acids is 1. The van der Waals surface area contributed by atoms with Crippen molar-refractivity contribution in [2.24, 2.45) is 0 Å². The maximum absolute atomic E-state index is 11.9. The van der Waals surface area contributed by atoms with Crippen LogP contribution in [0.2, 0.25) is 0 Å². The van der Waals surface area contributed by atoms with Crippen LogP contribution in [0.15, 0.2) is 97.1 Å². The minimum Gasteiger partial charge on any atom is -0.478 e. The number of nitrogens with zero attached hydrogens (tertiary/aromatic N) is 2. The Bertz CT molecular complexity index is 1520. The average Bonchev–Trinajstić information content (AvgIpc) is 2.93. The molecule has 4 aromatic carbocycles. The molecule has 0 fully saturated rings. The van der Waals surface area contributed by atoms with E-state index in [0.717, 1.165) is 16.7 Å². The molecule has 0 spiro atoms. The number of hydrogen-bond donors (Lipinski definition) is 3. The van der Waals surface area contributed by atoms with Crippen LogP contribution in [0.5, 0.6) is 0 Å². The summed E-state index contributed by atoms with van der Waals surface area (Å²) in [7, 11) is 0. The highest BCUT2D eigenvalue weighted by atomic mass is 16.4. The fraction of sp³-hybridized carbons (Fsp3) is 0.0323. The lowest BCUT2D eigenvalue weighted by molar-refractivity contribution is 0.0696. The molecule has 0 saturated heterocycles. The summed E-state index contributed by atoms with van der Waals surface area (Å²) in [5, 5.41) is 9.37. The number of carboxylic acids is 1. The number of benzene rings is 4. The van der Waals surface area contributed by atoms with E-state index in [-0.39, 0.29) is 11.3 Å². The van der Waals surface area contributed by atoms with E-state index in [1.807, 2.05) is 36.4 Å². The molecule has 0 saturated carbocycles. The number of anilines is 2. The zero-order valence-electron chi connectivity index (χ0n) is 20.6. The largest absolute Gasteiger partial charge is 0.478 e. The fourth-order valence-electron chi connectivity index (χ4n) is 4.16. The van der Waals surface area contributed by atoms with Gasteiger partial charge in [-0.3, -0.25) is 4.79 Å². The van der Waals surface area contributed by atoms with E-state index in [1.54, 1.807) is 60.7 Å². The number of aromatic carboxylic acids is 1. The molecule has 0 amide bonds. The van der Waals surface area contributed by atoms with Gasteiger partial charge in [-0.15, -0.1) is 0 Å². The lowest BCUT2D eigenvalue weighted by Gasteiger charge is -2.16. The molecule has 1 aromatic heterocycles. The molecule has 186 valence electrons. The first-order chi connectivity index (χ1) is 18.3. The predicted molar refractivity (Wildman–Crippen MR) is 150 cm³/mol. The van der Waals surface area contributed by atoms with Gasteiger partial charge in [0.05, 0.1) is 28.3 Å². The summed E-state index contributed by atoms with van der Waals surface area (Å²) in [6, 6.07) is 28.5. The summed E-state index contributed by atoms with van der Waals surface area (Å²) in [6.45, 7) is 1.53. The lowest BCUT2D eigenvalue weighted by atomic mass is 9.98. The Kier molecular flexibility index (Phi) is 6.41. The van der Waals surface area contributed by atoms with Crippen LogP contribution in [0.25, 0.3) is 45.0 Å². The quantitative estimate of drug-likeness (QED) is 0.186. The Morgan fingerprint density at radius 3 is 1.11 bits per heavy atom. The fourth-order valence-corrected chi connectivity index (χ4v) is 4.16. The van der Waals surface area contributed by atoms with Gasteiger partial charge in [-0.05, 0) is 43.3 Å². The minimum absolute atomic E-state index is 0.0240. The van der Waals surface area contributed by atoms with E-state index in [0.29, 0.717) is 45.3 Å². The summed E-state index contributed by atoms with van der Waals surface area (Å²) in [5.41, 5.74) is 19.5. The number of nitrogens with two attached hydrogens (primary N) is 2. The molecule has 0 aliphatic rings. The Hall–Kier alpha value is -5.30. The molecule has 0 aliphatic heterocycles. The van der Waals surface area contributed by atoms with Gasteiger partial charge in [-0.2, -0.15) is 0 Å². The van der Waals surface area contributed by atoms with Crippen molar-refractivity contribution in [3.63, 3.8) is 0 Å².